The lowest BCUT2D eigenvalue weighted by molar-refractivity contribution is -0.141. The predicted molar refractivity (Wildman–Crippen MR) is 77.7 cm³/mol. The van der Waals surface area contributed by atoms with Crippen molar-refractivity contribution in [2.75, 3.05) is 6.54 Å². The summed E-state index contributed by atoms with van der Waals surface area (Å²) in [6.45, 7) is 2.80. The number of hydrogen-bond acceptors (Lipinski definition) is 3. The average molecular weight is 291 g/mol. The Balaban J connectivity index is 1.77. The highest BCUT2D eigenvalue weighted by atomic mass is 16.4. The lowest BCUT2D eigenvalue weighted by atomic mass is 9.66. The van der Waals surface area contributed by atoms with Gasteiger partial charge in [-0.3, -0.25) is 9.78 Å². The number of carbonyl (C=O) groups excluding carboxylic acids is 1. The van der Waals surface area contributed by atoms with Crippen molar-refractivity contribution in [2.24, 2.45) is 5.41 Å². The van der Waals surface area contributed by atoms with Crippen LogP contribution < -0.4 is 10.6 Å². The smallest absolute Gasteiger partial charge is 0.315 e. The Labute approximate surface area is 124 Å². The van der Waals surface area contributed by atoms with E-state index in [1.807, 2.05) is 13.0 Å². The first-order chi connectivity index (χ1) is 10.0. The third-order valence-electron chi connectivity index (χ3n) is 4.14. The van der Waals surface area contributed by atoms with Gasteiger partial charge >= 0.3 is 12.0 Å². The van der Waals surface area contributed by atoms with Gasteiger partial charge in [0.25, 0.3) is 0 Å². The molecule has 1 aliphatic carbocycles. The Morgan fingerprint density at radius 3 is 2.71 bits per heavy atom. The number of carboxylic acids is 1. The van der Waals surface area contributed by atoms with Crippen LogP contribution in [0.2, 0.25) is 0 Å². The molecule has 0 aliphatic heterocycles. The number of nitrogens with zero attached hydrogens (tertiary/aromatic N) is 1. The first-order valence-corrected chi connectivity index (χ1v) is 7.14. The van der Waals surface area contributed by atoms with Crippen molar-refractivity contribution in [2.45, 2.75) is 39.2 Å². The number of carbonyl (C=O) groups is 2. The fraction of sp³-hybridized carbons (Fsp3) is 0.533. The zero-order valence-electron chi connectivity index (χ0n) is 12.2. The van der Waals surface area contributed by atoms with E-state index in [4.69, 9.17) is 5.11 Å². The SMILES string of the molecule is Cc1cnccc1CNC(=O)NCC1(CC(=O)O)CCC1. The molecule has 6 nitrogen and oxygen atoms in total. The van der Waals surface area contributed by atoms with Crippen LogP contribution in [-0.4, -0.2) is 28.6 Å². The molecule has 0 radical (unpaired) electrons. The highest BCUT2D eigenvalue weighted by Crippen LogP contribution is 2.43. The Kier molecular flexibility index (Phi) is 4.77. The van der Waals surface area contributed by atoms with Gasteiger partial charge in [0.1, 0.15) is 0 Å². The number of urea groups is 1. The number of aromatic nitrogens is 1. The summed E-state index contributed by atoms with van der Waals surface area (Å²) in [5, 5.41) is 14.5. The highest BCUT2D eigenvalue weighted by molar-refractivity contribution is 5.74. The molecular weight excluding hydrogens is 270 g/mol. The number of nitrogens with one attached hydrogen (secondary N) is 2. The molecule has 0 spiro atoms. The standard InChI is InChI=1S/C15H21N3O3/c1-11-8-16-6-3-12(11)9-17-14(21)18-10-15(4-2-5-15)7-13(19)20/h3,6,8H,2,4-5,7,9-10H2,1H3,(H,19,20)(H2,17,18,21). The molecule has 1 aromatic rings. The third kappa shape index (κ3) is 4.18. The number of rotatable bonds is 6. The molecule has 21 heavy (non-hydrogen) atoms. The summed E-state index contributed by atoms with van der Waals surface area (Å²) in [5.74, 6) is -0.802. The molecule has 2 rings (SSSR count). The van der Waals surface area contributed by atoms with Crippen LogP contribution in [-0.2, 0) is 11.3 Å². The number of hydrogen-bond donors (Lipinski definition) is 3. The number of amides is 2. The van der Waals surface area contributed by atoms with Crippen molar-refractivity contribution in [1.82, 2.24) is 15.6 Å². The first kappa shape index (κ1) is 15.3. The minimum atomic E-state index is -0.802. The van der Waals surface area contributed by atoms with E-state index in [2.05, 4.69) is 15.6 Å². The summed E-state index contributed by atoms with van der Waals surface area (Å²) < 4.78 is 0. The van der Waals surface area contributed by atoms with Gasteiger partial charge in [0.15, 0.2) is 0 Å². The van der Waals surface area contributed by atoms with Gasteiger partial charge in [0.2, 0.25) is 0 Å². The van der Waals surface area contributed by atoms with Gasteiger partial charge in [-0.15, -0.1) is 0 Å². The largest absolute Gasteiger partial charge is 0.481 e. The van der Waals surface area contributed by atoms with Gasteiger partial charge in [0, 0.05) is 25.5 Å². The number of carboxylic acid groups (broad SMARTS) is 1. The summed E-state index contributed by atoms with van der Waals surface area (Å²) in [7, 11) is 0. The van der Waals surface area contributed by atoms with E-state index in [1.54, 1.807) is 12.4 Å². The van der Waals surface area contributed by atoms with Gasteiger partial charge in [-0.05, 0) is 42.4 Å². The first-order valence-electron chi connectivity index (χ1n) is 7.14. The molecular formula is C15H21N3O3. The molecule has 1 fully saturated rings. The maximum atomic E-state index is 11.8. The van der Waals surface area contributed by atoms with Crippen LogP contribution in [0.3, 0.4) is 0 Å². The summed E-state index contributed by atoms with van der Waals surface area (Å²) >= 11 is 0. The van der Waals surface area contributed by atoms with E-state index in [0.29, 0.717) is 13.1 Å². The molecule has 1 saturated carbocycles. The van der Waals surface area contributed by atoms with Crippen molar-refractivity contribution < 1.29 is 14.7 Å². The van der Waals surface area contributed by atoms with Crippen LogP contribution >= 0.6 is 0 Å². The summed E-state index contributed by atoms with van der Waals surface area (Å²) in [4.78, 5) is 26.7. The van der Waals surface area contributed by atoms with E-state index in [9.17, 15) is 9.59 Å². The average Bonchev–Trinajstić information content (AvgIpc) is 2.40. The summed E-state index contributed by atoms with van der Waals surface area (Å²) in [6.07, 6.45) is 6.33. The molecule has 114 valence electrons. The van der Waals surface area contributed by atoms with Crippen LogP contribution in [0.4, 0.5) is 4.79 Å². The summed E-state index contributed by atoms with van der Waals surface area (Å²) in [5.41, 5.74) is 1.79. The zero-order valence-corrected chi connectivity index (χ0v) is 12.2. The van der Waals surface area contributed by atoms with Crippen LogP contribution in [0.5, 0.6) is 0 Å². The van der Waals surface area contributed by atoms with Crippen molar-refractivity contribution in [3.8, 4) is 0 Å². The van der Waals surface area contributed by atoms with E-state index < -0.39 is 5.97 Å². The van der Waals surface area contributed by atoms with Crippen LogP contribution in [0.1, 0.15) is 36.8 Å². The van der Waals surface area contributed by atoms with Crippen molar-refractivity contribution in [1.29, 1.82) is 0 Å². The normalized spacial score (nSPS) is 15.9. The van der Waals surface area contributed by atoms with Gasteiger partial charge in [0.05, 0.1) is 6.42 Å². The Bertz CT molecular complexity index is 527. The fourth-order valence-corrected chi connectivity index (χ4v) is 2.62. The van der Waals surface area contributed by atoms with Crippen LogP contribution in [0.15, 0.2) is 18.5 Å². The van der Waals surface area contributed by atoms with E-state index in [-0.39, 0.29) is 17.9 Å². The van der Waals surface area contributed by atoms with Crippen LogP contribution in [0.25, 0.3) is 0 Å². The quantitative estimate of drug-likeness (QED) is 0.745. The molecule has 1 heterocycles. The molecule has 6 heteroatoms. The van der Waals surface area contributed by atoms with E-state index >= 15 is 0 Å². The topological polar surface area (TPSA) is 91.3 Å². The Hall–Kier alpha value is -2.11. The number of aliphatic carboxylic acids is 1. The number of pyridine rings is 1. The van der Waals surface area contributed by atoms with Crippen LogP contribution in [0, 0.1) is 12.3 Å². The lowest BCUT2D eigenvalue weighted by Crippen LogP contribution is -2.46. The Morgan fingerprint density at radius 2 is 2.14 bits per heavy atom. The number of aryl methyl sites for hydroxylation is 1. The molecule has 0 atom stereocenters. The fourth-order valence-electron chi connectivity index (χ4n) is 2.62. The minimum absolute atomic E-state index is 0.122. The minimum Gasteiger partial charge on any atom is -0.481 e. The van der Waals surface area contributed by atoms with E-state index in [1.165, 1.54) is 0 Å². The maximum Gasteiger partial charge on any atom is 0.315 e. The highest BCUT2D eigenvalue weighted by Gasteiger charge is 2.39. The molecule has 0 saturated heterocycles. The Morgan fingerprint density at radius 1 is 1.38 bits per heavy atom. The molecule has 0 unspecified atom stereocenters. The van der Waals surface area contributed by atoms with Gasteiger partial charge in [-0.25, -0.2) is 4.79 Å². The summed E-state index contributed by atoms with van der Waals surface area (Å²) in [6, 6.07) is 1.61. The van der Waals surface area contributed by atoms with Crippen molar-refractivity contribution >= 4 is 12.0 Å². The lowest BCUT2D eigenvalue weighted by Gasteiger charge is -2.40. The van der Waals surface area contributed by atoms with Crippen molar-refractivity contribution in [3.05, 3.63) is 29.6 Å². The molecule has 1 aliphatic rings. The monoisotopic (exact) mass is 291 g/mol. The van der Waals surface area contributed by atoms with Gasteiger partial charge < -0.3 is 15.7 Å². The predicted octanol–water partition coefficient (Wildman–Crippen LogP) is 1.83. The second-order valence-corrected chi connectivity index (χ2v) is 5.76. The van der Waals surface area contributed by atoms with E-state index in [0.717, 1.165) is 30.4 Å². The zero-order chi connectivity index (χ0) is 15.3. The molecule has 2 amide bonds. The molecule has 0 bridgehead atoms. The third-order valence-corrected chi connectivity index (χ3v) is 4.14. The van der Waals surface area contributed by atoms with Gasteiger partial charge in [-0.2, -0.15) is 0 Å². The van der Waals surface area contributed by atoms with Crippen molar-refractivity contribution in [3.63, 3.8) is 0 Å². The molecule has 1 aromatic heterocycles. The second-order valence-electron chi connectivity index (χ2n) is 5.76. The molecule has 0 aromatic carbocycles. The second kappa shape index (κ2) is 6.56. The molecule has 3 N–H and O–H groups in total. The van der Waals surface area contributed by atoms with Gasteiger partial charge in [-0.1, -0.05) is 6.42 Å². The maximum absolute atomic E-state index is 11.8.